The molecule has 300 valence electrons. The molecule has 5 aromatic carbocycles. The Morgan fingerprint density at radius 1 is 0.439 bits per heavy atom. The average molecular weight is 777 g/mol. The Labute approximate surface area is 334 Å². The van der Waals surface area contributed by atoms with E-state index in [1.54, 1.807) is 6.92 Å². The zero-order chi connectivity index (χ0) is 39.2. The van der Waals surface area contributed by atoms with Gasteiger partial charge in [-0.3, -0.25) is 0 Å². The molecular weight excluding hydrogens is 725 g/mol. The van der Waals surface area contributed by atoms with Crippen LogP contribution in [0, 0.1) is 0 Å². The van der Waals surface area contributed by atoms with E-state index in [0.717, 1.165) is 27.8 Å². The van der Waals surface area contributed by atoms with Crippen molar-refractivity contribution >= 4 is 0 Å². The van der Waals surface area contributed by atoms with E-state index >= 15 is 0 Å². The third-order valence-corrected chi connectivity index (χ3v) is 10.2. The minimum atomic E-state index is -1.31. The van der Waals surface area contributed by atoms with Crippen molar-refractivity contribution in [2.75, 3.05) is 6.61 Å². The number of ether oxygens (including phenoxy) is 8. The summed E-state index contributed by atoms with van der Waals surface area (Å²) in [5.74, 6) is 0. The summed E-state index contributed by atoms with van der Waals surface area (Å²) in [6, 6.07) is 48.9. The number of aliphatic hydroxyl groups is 2. The maximum Gasteiger partial charge on any atom is 0.187 e. The lowest BCUT2D eigenvalue weighted by Crippen LogP contribution is -2.65. The molecule has 0 bridgehead atoms. The van der Waals surface area contributed by atoms with Gasteiger partial charge in [0.25, 0.3) is 0 Å². The van der Waals surface area contributed by atoms with Crippen molar-refractivity contribution in [2.45, 2.75) is 101 Å². The molecule has 0 radical (unpaired) electrons. The maximum absolute atomic E-state index is 12.2. The first-order valence-electron chi connectivity index (χ1n) is 19.6. The van der Waals surface area contributed by atoms with Crippen LogP contribution < -0.4 is 0 Å². The molecule has 0 amide bonds. The molecule has 7 rings (SSSR count). The Balaban J connectivity index is 1.16. The molecule has 2 N–H and O–H groups in total. The minimum Gasteiger partial charge on any atom is -0.385 e. The van der Waals surface area contributed by atoms with E-state index in [9.17, 15) is 10.2 Å². The van der Waals surface area contributed by atoms with Crippen LogP contribution in [0.15, 0.2) is 152 Å². The smallest absolute Gasteiger partial charge is 0.187 e. The highest BCUT2D eigenvalue weighted by atomic mass is 16.7. The number of hydrogen-bond donors (Lipinski definition) is 2. The Kier molecular flexibility index (Phi) is 15.0. The van der Waals surface area contributed by atoms with Gasteiger partial charge in [0.1, 0.15) is 42.7 Å². The van der Waals surface area contributed by atoms with Crippen LogP contribution in [0.5, 0.6) is 0 Å². The van der Waals surface area contributed by atoms with Crippen LogP contribution in [0.1, 0.15) is 34.7 Å². The molecule has 5 aromatic rings. The molecule has 0 spiro atoms. The molecule has 2 aliphatic heterocycles. The first-order chi connectivity index (χ1) is 28.0. The fraction of sp³-hybridized carbons (Fsp3) is 0.362. The second-order valence-corrected chi connectivity index (χ2v) is 14.4. The standard InChI is InChI=1S/C47H52O10/c1-33-41(44(53-30-37-23-13-5-14-24-37)45(46(49)55-33)54-31-38-25-15-6-16-26-38)57-47-40(48)43(52-29-36-21-11-4-12-22-36)42(51-28-35-19-9-3-10-20-35)39(56-47)32-50-27-34-17-7-2-8-18-34/h2-26,33,39-49H,27-32H2,1H3/t33-,39-,40+,41-,42-,43-,44+,45-,46+,47+/m1/s1. The van der Waals surface area contributed by atoms with Gasteiger partial charge in [-0.2, -0.15) is 0 Å². The number of rotatable bonds is 18. The summed E-state index contributed by atoms with van der Waals surface area (Å²) < 4.78 is 51.8. The quantitative estimate of drug-likeness (QED) is 0.0991. The zero-order valence-corrected chi connectivity index (χ0v) is 32.1. The lowest BCUT2D eigenvalue weighted by atomic mass is 9.96. The highest BCUT2D eigenvalue weighted by molar-refractivity contribution is 5.17. The first kappa shape index (κ1) is 40.9. The van der Waals surface area contributed by atoms with E-state index in [0.29, 0.717) is 6.61 Å². The highest BCUT2D eigenvalue weighted by Gasteiger charge is 2.52. The van der Waals surface area contributed by atoms with Gasteiger partial charge in [-0.25, -0.2) is 0 Å². The number of hydrogen-bond acceptors (Lipinski definition) is 10. The Morgan fingerprint density at radius 2 is 0.825 bits per heavy atom. The van der Waals surface area contributed by atoms with E-state index in [4.69, 9.17) is 37.9 Å². The molecule has 57 heavy (non-hydrogen) atoms. The van der Waals surface area contributed by atoms with Crippen molar-refractivity contribution in [3.63, 3.8) is 0 Å². The van der Waals surface area contributed by atoms with Crippen LogP contribution in [0.25, 0.3) is 0 Å². The van der Waals surface area contributed by atoms with Crippen molar-refractivity contribution in [3.05, 3.63) is 179 Å². The predicted molar refractivity (Wildman–Crippen MR) is 212 cm³/mol. The predicted octanol–water partition coefficient (Wildman–Crippen LogP) is 6.75. The summed E-state index contributed by atoms with van der Waals surface area (Å²) in [5.41, 5.74) is 4.76. The van der Waals surface area contributed by atoms with Gasteiger partial charge in [-0.1, -0.05) is 152 Å². The average Bonchev–Trinajstić information content (AvgIpc) is 3.25. The van der Waals surface area contributed by atoms with Gasteiger partial charge in [-0.05, 0) is 34.7 Å². The number of benzene rings is 5. The summed E-state index contributed by atoms with van der Waals surface area (Å²) in [4.78, 5) is 0. The van der Waals surface area contributed by atoms with E-state index in [-0.39, 0.29) is 33.0 Å². The molecule has 10 atom stereocenters. The molecule has 2 saturated heterocycles. The summed E-state index contributed by atoms with van der Waals surface area (Å²) >= 11 is 0. The monoisotopic (exact) mass is 776 g/mol. The molecule has 0 aliphatic carbocycles. The van der Waals surface area contributed by atoms with Gasteiger partial charge >= 0.3 is 0 Å². The van der Waals surface area contributed by atoms with Crippen molar-refractivity contribution in [3.8, 4) is 0 Å². The molecule has 0 aromatic heterocycles. The van der Waals surface area contributed by atoms with Gasteiger partial charge in [0.2, 0.25) is 0 Å². The van der Waals surface area contributed by atoms with E-state index in [1.165, 1.54) is 0 Å². The SMILES string of the molecule is C[C@H]1O[C@H](O)[C@H](OCc2ccccc2)[C@@H](OCc2ccccc2)[C@@H]1O[C@@H]1O[C@H](COCc2ccccc2)[C@@H](OCc2ccccc2)[C@H](OCc2ccccc2)[C@@H]1O. The molecule has 0 saturated carbocycles. The Morgan fingerprint density at radius 3 is 1.28 bits per heavy atom. The maximum atomic E-state index is 12.2. The van der Waals surface area contributed by atoms with Gasteiger partial charge in [0, 0.05) is 0 Å². The van der Waals surface area contributed by atoms with Gasteiger partial charge < -0.3 is 48.1 Å². The zero-order valence-electron chi connectivity index (χ0n) is 32.1. The number of aliphatic hydroxyl groups excluding tert-OH is 2. The van der Waals surface area contributed by atoms with Crippen LogP contribution in [0.2, 0.25) is 0 Å². The molecule has 2 aliphatic rings. The van der Waals surface area contributed by atoms with Gasteiger partial charge in [-0.15, -0.1) is 0 Å². The first-order valence-corrected chi connectivity index (χ1v) is 19.6. The molecule has 10 nitrogen and oxygen atoms in total. The summed E-state index contributed by atoms with van der Waals surface area (Å²) in [7, 11) is 0. The van der Waals surface area contributed by atoms with Crippen LogP contribution in [0.4, 0.5) is 0 Å². The summed E-state index contributed by atoms with van der Waals surface area (Å²) in [6.07, 6.45) is -9.49. The highest BCUT2D eigenvalue weighted by Crippen LogP contribution is 2.34. The van der Waals surface area contributed by atoms with Crippen molar-refractivity contribution in [1.82, 2.24) is 0 Å². The third kappa shape index (κ3) is 11.4. The molecule has 2 heterocycles. The summed E-state index contributed by atoms with van der Waals surface area (Å²) in [5, 5.41) is 23.5. The lowest BCUT2D eigenvalue weighted by Gasteiger charge is -2.48. The topological polar surface area (TPSA) is 114 Å². The van der Waals surface area contributed by atoms with E-state index < -0.39 is 61.4 Å². The Bertz CT molecular complexity index is 1850. The largest absolute Gasteiger partial charge is 0.385 e. The summed E-state index contributed by atoms with van der Waals surface area (Å²) in [6.45, 7) is 3.16. The van der Waals surface area contributed by atoms with Crippen molar-refractivity contribution in [1.29, 1.82) is 0 Å². The van der Waals surface area contributed by atoms with E-state index in [1.807, 2.05) is 152 Å². The second-order valence-electron chi connectivity index (χ2n) is 14.4. The fourth-order valence-electron chi connectivity index (χ4n) is 7.17. The van der Waals surface area contributed by atoms with Crippen LogP contribution in [-0.4, -0.2) is 78.2 Å². The van der Waals surface area contributed by atoms with Crippen LogP contribution in [-0.2, 0) is 70.9 Å². The normalized spacial score (nSPS) is 27.6. The minimum absolute atomic E-state index is 0.123. The van der Waals surface area contributed by atoms with Crippen molar-refractivity contribution < 1.29 is 48.1 Å². The molecule has 10 heteroatoms. The molecule has 2 fully saturated rings. The van der Waals surface area contributed by atoms with Crippen LogP contribution in [0.3, 0.4) is 0 Å². The van der Waals surface area contributed by atoms with Gasteiger partial charge in [0.15, 0.2) is 12.6 Å². The van der Waals surface area contributed by atoms with E-state index in [2.05, 4.69) is 0 Å². The third-order valence-electron chi connectivity index (χ3n) is 10.2. The van der Waals surface area contributed by atoms with Crippen LogP contribution >= 0.6 is 0 Å². The second kappa shape index (κ2) is 20.9. The Hall–Kier alpha value is -4.30. The lowest BCUT2D eigenvalue weighted by molar-refractivity contribution is -0.365. The molecule has 0 unspecified atom stereocenters. The van der Waals surface area contributed by atoms with Gasteiger partial charge in [0.05, 0.1) is 45.7 Å². The molecular formula is C47H52O10. The fourth-order valence-corrected chi connectivity index (χ4v) is 7.17. The van der Waals surface area contributed by atoms with Crippen molar-refractivity contribution in [2.24, 2.45) is 0 Å².